The minimum absolute atomic E-state index is 0.188. The number of carbonyl (C=O) groups excluding carboxylic acids is 2. The zero-order valence-corrected chi connectivity index (χ0v) is 15.0. The van der Waals surface area contributed by atoms with Crippen LogP contribution in [0, 0.1) is 0 Å². The monoisotopic (exact) mass is 316 g/mol. The van der Waals surface area contributed by atoms with Crippen LogP contribution in [0.4, 0.5) is 4.79 Å². The van der Waals surface area contributed by atoms with E-state index in [9.17, 15) is 9.59 Å². The van der Waals surface area contributed by atoms with Gasteiger partial charge < -0.3 is 20.1 Å². The summed E-state index contributed by atoms with van der Waals surface area (Å²) in [5.41, 5.74) is -1.13. The van der Waals surface area contributed by atoms with E-state index in [1.165, 1.54) is 0 Å². The first kappa shape index (κ1) is 20.7. The Bertz CT molecular complexity index is 362. The molecule has 0 bridgehead atoms. The van der Waals surface area contributed by atoms with Gasteiger partial charge in [-0.25, -0.2) is 4.79 Å². The molecule has 1 atom stereocenters. The van der Waals surface area contributed by atoms with Gasteiger partial charge >= 0.3 is 6.09 Å². The maximum absolute atomic E-state index is 12.0. The van der Waals surface area contributed by atoms with Crippen LogP contribution in [0.25, 0.3) is 0 Å². The average molecular weight is 316 g/mol. The number of alkyl carbamates (subject to hydrolysis) is 1. The standard InChI is InChI=1S/C16H32N2O4/c1-8-9-10-21-12(2)13(19)18-16(6,7)11-17-14(20)22-15(3,4)5/h12H,8-11H2,1-7H3,(H,17,20)(H,18,19). The number of rotatable bonds is 8. The van der Waals surface area contributed by atoms with Crippen molar-refractivity contribution in [2.45, 2.75) is 78.6 Å². The molecule has 0 aromatic carbocycles. The molecule has 0 aliphatic carbocycles. The van der Waals surface area contributed by atoms with Crippen molar-refractivity contribution in [1.29, 1.82) is 0 Å². The Kier molecular flexibility index (Phi) is 8.45. The summed E-state index contributed by atoms with van der Waals surface area (Å²) >= 11 is 0. The second-order valence-electron chi connectivity index (χ2n) is 7.10. The molecule has 0 saturated heterocycles. The van der Waals surface area contributed by atoms with Crippen LogP contribution in [0.2, 0.25) is 0 Å². The molecule has 0 spiro atoms. The molecular formula is C16H32N2O4. The van der Waals surface area contributed by atoms with Crippen LogP contribution in [-0.2, 0) is 14.3 Å². The largest absolute Gasteiger partial charge is 0.444 e. The lowest BCUT2D eigenvalue weighted by atomic mass is 10.1. The predicted octanol–water partition coefficient (Wildman–Crippen LogP) is 2.61. The first-order valence-electron chi connectivity index (χ1n) is 7.87. The number of amides is 2. The van der Waals surface area contributed by atoms with Gasteiger partial charge in [0.1, 0.15) is 11.7 Å². The Morgan fingerprint density at radius 2 is 1.73 bits per heavy atom. The molecule has 0 aliphatic rings. The van der Waals surface area contributed by atoms with Gasteiger partial charge in [-0.3, -0.25) is 4.79 Å². The van der Waals surface area contributed by atoms with E-state index in [0.717, 1.165) is 12.8 Å². The van der Waals surface area contributed by atoms with E-state index in [1.54, 1.807) is 27.7 Å². The van der Waals surface area contributed by atoms with Crippen molar-refractivity contribution in [2.75, 3.05) is 13.2 Å². The molecule has 1 unspecified atom stereocenters. The second kappa shape index (κ2) is 8.98. The zero-order chi connectivity index (χ0) is 17.4. The normalized spacial score (nSPS) is 13.4. The van der Waals surface area contributed by atoms with E-state index < -0.39 is 23.3 Å². The Labute approximate surface area is 134 Å². The van der Waals surface area contributed by atoms with E-state index in [2.05, 4.69) is 17.6 Å². The first-order chi connectivity index (χ1) is 9.97. The van der Waals surface area contributed by atoms with Crippen LogP contribution in [0.15, 0.2) is 0 Å². The Hall–Kier alpha value is -1.30. The van der Waals surface area contributed by atoms with E-state index >= 15 is 0 Å². The van der Waals surface area contributed by atoms with Gasteiger partial charge in [-0.05, 0) is 48.0 Å². The van der Waals surface area contributed by atoms with Crippen LogP contribution in [0.3, 0.4) is 0 Å². The third-order valence-corrected chi connectivity index (χ3v) is 2.77. The third-order valence-electron chi connectivity index (χ3n) is 2.77. The molecule has 130 valence electrons. The number of carbonyl (C=O) groups is 2. The molecule has 0 rings (SSSR count). The van der Waals surface area contributed by atoms with Crippen molar-refractivity contribution in [3.63, 3.8) is 0 Å². The molecule has 0 aromatic rings. The Morgan fingerprint density at radius 3 is 2.23 bits per heavy atom. The highest BCUT2D eigenvalue weighted by Crippen LogP contribution is 2.08. The van der Waals surface area contributed by atoms with Crippen molar-refractivity contribution >= 4 is 12.0 Å². The van der Waals surface area contributed by atoms with Crippen LogP contribution < -0.4 is 10.6 Å². The molecule has 6 heteroatoms. The van der Waals surface area contributed by atoms with Crippen LogP contribution in [0.1, 0.15) is 61.3 Å². The smallest absolute Gasteiger partial charge is 0.407 e. The van der Waals surface area contributed by atoms with Gasteiger partial charge in [-0.2, -0.15) is 0 Å². The molecule has 0 aliphatic heterocycles. The lowest BCUT2D eigenvalue weighted by Crippen LogP contribution is -2.54. The number of unbranched alkanes of at least 4 members (excludes halogenated alkanes) is 1. The van der Waals surface area contributed by atoms with Crippen molar-refractivity contribution < 1.29 is 19.1 Å². The SMILES string of the molecule is CCCCOC(C)C(=O)NC(C)(C)CNC(=O)OC(C)(C)C. The van der Waals surface area contributed by atoms with E-state index in [-0.39, 0.29) is 12.5 Å². The molecule has 6 nitrogen and oxygen atoms in total. The van der Waals surface area contributed by atoms with E-state index in [4.69, 9.17) is 9.47 Å². The fourth-order valence-corrected chi connectivity index (χ4v) is 1.57. The summed E-state index contributed by atoms with van der Waals surface area (Å²) in [6, 6.07) is 0. The van der Waals surface area contributed by atoms with Crippen LogP contribution >= 0.6 is 0 Å². The summed E-state index contributed by atoms with van der Waals surface area (Å²) in [5.74, 6) is -0.188. The molecule has 22 heavy (non-hydrogen) atoms. The molecular weight excluding hydrogens is 284 g/mol. The summed E-state index contributed by atoms with van der Waals surface area (Å²) in [4.78, 5) is 23.7. The van der Waals surface area contributed by atoms with Gasteiger partial charge in [0.15, 0.2) is 0 Å². The lowest BCUT2D eigenvalue weighted by molar-refractivity contribution is -0.133. The molecule has 0 fully saturated rings. The highest BCUT2D eigenvalue weighted by atomic mass is 16.6. The fraction of sp³-hybridized carbons (Fsp3) is 0.875. The van der Waals surface area contributed by atoms with Gasteiger partial charge in [0.25, 0.3) is 0 Å². The second-order valence-corrected chi connectivity index (χ2v) is 7.10. The summed E-state index contributed by atoms with van der Waals surface area (Å²) in [5, 5.41) is 5.53. The minimum atomic E-state index is -0.587. The molecule has 0 heterocycles. The number of hydrogen-bond donors (Lipinski definition) is 2. The Balaban J connectivity index is 4.22. The van der Waals surface area contributed by atoms with Gasteiger partial charge in [-0.15, -0.1) is 0 Å². The predicted molar refractivity (Wildman–Crippen MR) is 86.8 cm³/mol. The highest BCUT2D eigenvalue weighted by molar-refractivity contribution is 5.81. The van der Waals surface area contributed by atoms with Gasteiger partial charge in [0.05, 0.1) is 5.54 Å². The van der Waals surface area contributed by atoms with Crippen LogP contribution in [0.5, 0.6) is 0 Å². The van der Waals surface area contributed by atoms with Crippen molar-refractivity contribution in [2.24, 2.45) is 0 Å². The molecule has 2 amide bonds. The van der Waals surface area contributed by atoms with Gasteiger partial charge in [-0.1, -0.05) is 13.3 Å². The van der Waals surface area contributed by atoms with Gasteiger partial charge in [0, 0.05) is 13.2 Å². The fourth-order valence-electron chi connectivity index (χ4n) is 1.57. The van der Waals surface area contributed by atoms with Crippen molar-refractivity contribution in [3.05, 3.63) is 0 Å². The Morgan fingerprint density at radius 1 is 1.14 bits per heavy atom. The first-order valence-corrected chi connectivity index (χ1v) is 7.87. The molecule has 2 N–H and O–H groups in total. The summed E-state index contributed by atoms with van der Waals surface area (Å²) in [6.45, 7) is 13.7. The highest BCUT2D eigenvalue weighted by Gasteiger charge is 2.25. The quantitative estimate of drug-likeness (QED) is 0.675. The van der Waals surface area contributed by atoms with Crippen LogP contribution in [-0.4, -0.2) is 42.4 Å². The molecule has 0 aromatic heterocycles. The topological polar surface area (TPSA) is 76.7 Å². The van der Waals surface area contributed by atoms with E-state index in [0.29, 0.717) is 6.61 Å². The van der Waals surface area contributed by atoms with Crippen molar-refractivity contribution in [1.82, 2.24) is 10.6 Å². The zero-order valence-electron chi connectivity index (χ0n) is 15.0. The number of ether oxygens (including phenoxy) is 2. The molecule has 0 saturated carbocycles. The summed E-state index contributed by atoms with van der Waals surface area (Å²) in [7, 11) is 0. The average Bonchev–Trinajstić information content (AvgIpc) is 2.34. The van der Waals surface area contributed by atoms with Gasteiger partial charge in [0.2, 0.25) is 5.91 Å². The lowest BCUT2D eigenvalue weighted by Gasteiger charge is -2.29. The number of nitrogens with one attached hydrogen (secondary N) is 2. The maximum atomic E-state index is 12.0. The van der Waals surface area contributed by atoms with E-state index in [1.807, 2.05) is 13.8 Å². The third kappa shape index (κ3) is 10.4. The summed E-state index contributed by atoms with van der Waals surface area (Å²) in [6.07, 6.45) is 0.954. The maximum Gasteiger partial charge on any atom is 0.407 e. The summed E-state index contributed by atoms with van der Waals surface area (Å²) < 4.78 is 10.6. The number of hydrogen-bond acceptors (Lipinski definition) is 4. The van der Waals surface area contributed by atoms with Crippen molar-refractivity contribution in [3.8, 4) is 0 Å². The molecule has 0 radical (unpaired) electrons. The minimum Gasteiger partial charge on any atom is -0.444 e.